The Kier molecular flexibility index (Phi) is 5.70. The molecule has 1 fully saturated rings. The summed E-state index contributed by atoms with van der Waals surface area (Å²) in [7, 11) is 1.44. The van der Waals surface area contributed by atoms with E-state index in [0.29, 0.717) is 0 Å². The van der Waals surface area contributed by atoms with Crippen LogP contribution in [0, 0.1) is 17.3 Å². The molecule has 1 rings (SSSR count). The molecule has 5 atom stereocenters. The van der Waals surface area contributed by atoms with Gasteiger partial charge in [-0.15, -0.1) is 0 Å². The van der Waals surface area contributed by atoms with E-state index in [2.05, 4.69) is 0 Å². The molecule has 7 heteroatoms. The maximum atomic E-state index is 11.9. The van der Waals surface area contributed by atoms with Gasteiger partial charge >= 0.3 is 11.9 Å². The number of esters is 1. The largest absolute Gasteiger partial charge is 0.478 e. The number of methoxy groups -OCH3 is 1. The predicted octanol–water partition coefficient (Wildman–Crippen LogP) is 1.24. The Morgan fingerprint density at radius 1 is 1.18 bits per heavy atom. The Balaban J connectivity index is 3.33. The average molecular weight is 316 g/mol. The van der Waals surface area contributed by atoms with E-state index in [1.165, 1.54) is 14.0 Å². The summed E-state index contributed by atoms with van der Waals surface area (Å²) in [5.41, 5.74) is -0.413. The zero-order valence-corrected chi connectivity index (χ0v) is 13.8. The first-order chi connectivity index (χ1) is 10.0. The quantitative estimate of drug-likeness (QED) is 0.762. The van der Waals surface area contributed by atoms with Gasteiger partial charge in [-0.3, -0.25) is 9.59 Å². The molecular formula is C15H24O7. The van der Waals surface area contributed by atoms with Crippen molar-refractivity contribution in [2.75, 3.05) is 7.11 Å². The number of carbonyl (C=O) groups is 3. The minimum Gasteiger partial charge on any atom is -0.478 e. The molecule has 0 aromatic carbocycles. The van der Waals surface area contributed by atoms with Gasteiger partial charge in [0.25, 0.3) is 0 Å². The second-order valence-electron chi connectivity index (χ2n) is 6.61. The van der Waals surface area contributed by atoms with Crippen molar-refractivity contribution in [1.82, 2.24) is 0 Å². The highest BCUT2D eigenvalue weighted by Gasteiger charge is 2.57. The van der Waals surface area contributed by atoms with Crippen molar-refractivity contribution in [2.24, 2.45) is 17.3 Å². The lowest BCUT2D eigenvalue weighted by atomic mass is 9.70. The summed E-state index contributed by atoms with van der Waals surface area (Å²) in [5.74, 6) is -3.59. The molecule has 1 saturated heterocycles. The maximum absolute atomic E-state index is 11.9. The molecule has 1 aliphatic heterocycles. The smallest absolute Gasteiger partial charge is 0.345 e. The van der Waals surface area contributed by atoms with Crippen LogP contribution in [0.1, 0.15) is 34.6 Å². The van der Waals surface area contributed by atoms with Gasteiger partial charge in [-0.05, 0) is 12.3 Å². The van der Waals surface area contributed by atoms with Crippen LogP contribution in [0.4, 0.5) is 0 Å². The zero-order chi connectivity index (χ0) is 17.2. The number of carboxylic acids is 1. The van der Waals surface area contributed by atoms with Crippen LogP contribution in [-0.2, 0) is 28.6 Å². The van der Waals surface area contributed by atoms with Crippen LogP contribution in [0.2, 0.25) is 0 Å². The van der Waals surface area contributed by atoms with Gasteiger partial charge in [0, 0.05) is 25.9 Å². The summed E-state index contributed by atoms with van der Waals surface area (Å²) < 4.78 is 15.9. The molecule has 0 radical (unpaired) electrons. The van der Waals surface area contributed by atoms with Crippen molar-refractivity contribution in [2.45, 2.75) is 53.1 Å². The highest BCUT2D eigenvalue weighted by Crippen LogP contribution is 2.46. The van der Waals surface area contributed by atoms with E-state index in [1.54, 1.807) is 0 Å². The standard InChI is InChI=1S/C15H24O7/c1-7(16)11-9(12(13(18)19)21-8(2)17)10(15(3,4)5)14(20-6)22-11/h9-12,14H,1-6H3,(H,18,19)/t9-,10+,11+,12+,14-/m1/s1. The molecule has 0 aliphatic carbocycles. The summed E-state index contributed by atoms with van der Waals surface area (Å²) in [4.78, 5) is 34.7. The van der Waals surface area contributed by atoms with Crippen LogP contribution in [-0.4, -0.2) is 48.4 Å². The van der Waals surface area contributed by atoms with Gasteiger partial charge in [-0.2, -0.15) is 0 Å². The van der Waals surface area contributed by atoms with Gasteiger partial charge in [0.15, 0.2) is 12.1 Å². The molecule has 0 aromatic heterocycles. The molecule has 0 amide bonds. The van der Waals surface area contributed by atoms with E-state index in [4.69, 9.17) is 14.2 Å². The minimum atomic E-state index is -1.46. The Morgan fingerprint density at radius 2 is 1.73 bits per heavy atom. The molecule has 22 heavy (non-hydrogen) atoms. The van der Waals surface area contributed by atoms with Crippen LogP contribution in [0.5, 0.6) is 0 Å². The van der Waals surface area contributed by atoms with E-state index >= 15 is 0 Å². The summed E-state index contributed by atoms with van der Waals surface area (Å²) in [6.45, 7) is 8.15. The molecule has 1 aliphatic rings. The Hall–Kier alpha value is -1.47. The fourth-order valence-electron chi connectivity index (χ4n) is 3.06. The van der Waals surface area contributed by atoms with Crippen LogP contribution in [0.25, 0.3) is 0 Å². The second kappa shape index (κ2) is 6.75. The molecule has 0 aromatic rings. The lowest BCUT2D eigenvalue weighted by molar-refractivity contribution is -0.170. The number of hydrogen-bond acceptors (Lipinski definition) is 6. The van der Waals surface area contributed by atoms with Crippen molar-refractivity contribution in [3.8, 4) is 0 Å². The van der Waals surface area contributed by atoms with E-state index in [-0.39, 0.29) is 5.78 Å². The summed E-state index contributed by atoms with van der Waals surface area (Å²) in [5, 5.41) is 9.44. The molecular weight excluding hydrogens is 292 g/mol. The molecule has 1 N–H and O–H groups in total. The average Bonchev–Trinajstić information content (AvgIpc) is 2.74. The molecule has 0 bridgehead atoms. The summed E-state index contributed by atoms with van der Waals surface area (Å²) >= 11 is 0. The number of carbonyl (C=O) groups excluding carboxylic acids is 2. The number of carboxylic acid groups (broad SMARTS) is 1. The monoisotopic (exact) mass is 316 g/mol. The molecule has 0 spiro atoms. The van der Waals surface area contributed by atoms with Crippen LogP contribution >= 0.6 is 0 Å². The third-order valence-corrected chi connectivity index (χ3v) is 3.86. The fraction of sp³-hybridized carbons (Fsp3) is 0.800. The van der Waals surface area contributed by atoms with Gasteiger partial charge in [0.1, 0.15) is 6.10 Å². The van der Waals surface area contributed by atoms with Gasteiger partial charge < -0.3 is 19.3 Å². The van der Waals surface area contributed by atoms with Crippen LogP contribution < -0.4 is 0 Å². The minimum absolute atomic E-state index is 0.322. The van der Waals surface area contributed by atoms with E-state index < -0.39 is 47.7 Å². The highest BCUT2D eigenvalue weighted by molar-refractivity contribution is 5.84. The molecule has 1 heterocycles. The lowest BCUT2D eigenvalue weighted by Gasteiger charge is -2.36. The number of Topliss-reactive ketones (excluding diaryl/α,β-unsaturated/α-hetero) is 1. The molecule has 7 nitrogen and oxygen atoms in total. The van der Waals surface area contributed by atoms with E-state index in [9.17, 15) is 19.5 Å². The Morgan fingerprint density at radius 3 is 2.05 bits per heavy atom. The SMILES string of the molecule is CO[C@@H]1O[C@@H](C(C)=O)[C@H]([C@H](OC(C)=O)C(=O)O)[C@@H]1C(C)(C)C. The Labute approximate surface area is 129 Å². The number of aliphatic carboxylic acids is 1. The zero-order valence-electron chi connectivity index (χ0n) is 13.8. The molecule has 126 valence electrons. The maximum Gasteiger partial charge on any atom is 0.345 e. The number of hydrogen-bond donors (Lipinski definition) is 1. The third kappa shape index (κ3) is 3.84. The van der Waals surface area contributed by atoms with Crippen molar-refractivity contribution in [3.05, 3.63) is 0 Å². The number of ether oxygens (including phenoxy) is 3. The summed E-state index contributed by atoms with van der Waals surface area (Å²) in [6.07, 6.45) is -3.19. The van der Waals surface area contributed by atoms with Crippen molar-refractivity contribution >= 4 is 17.7 Å². The van der Waals surface area contributed by atoms with Crippen LogP contribution in [0.15, 0.2) is 0 Å². The number of rotatable bonds is 5. The van der Waals surface area contributed by atoms with Crippen LogP contribution in [0.3, 0.4) is 0 Å². The first kappa shape index (κ1) is 18.6. The first-order valence-corrected chi connectivity index (χ1v) is 7.09. The predicted molar refractivity (Wildman–Crippen MR) is 76.0 cm³/mol. The fourth-order valence-corrected chi connectivity index (χ4v) is 3.06. The van der Waals surface area contributed by atoms with Crippen molar-refractivity contribution in [1.29, 1.82) is 0 Å². The number of ketones is 1. The normalized spacial score (nSPS) is 29.9. The van der Waals surface area contributed by atoms with E-state index in [0.717, 1.165) is 6.92 Å². The molecule has 0 unspecified atom stereocenters. The lowest BCUT2D eigenvalue weighted by Crippen LogP contribution is -2.47. The third-order valence-electron chi connectivity index (χ3n) is 3.86. The first-order valence-electron chi connectivity index (χ1n) is 7.09. The summed E-state index contributed by atoms with van der Waals surface area (Å²) in [6, 6.07) is 0. The van der Waals surface area contributed by atoms with Gasteiger partial charge in [0.2, 0.25) is 6.10 Å². The highest BCUT2D eigenvalue weighted by atomic mass is 16.7. The van der Waals surface area contributed by atoms with Gasteiger partial charge in [-0.1, -0.05) is 20.8 Å². The molecule has 0 saturated carbocycles. The van der Waals surface area contributed by atoms with Gasteiger partial charge in [0.05, 0.1) is 0 Å². The van der Waals surface area contributed by atoms with Crippen molar-refractivity contribution < 1.29 is 33.7 Å². The topological polar surface area (TPSA) is 99.1 Å². The van der Waals surface area contributed by atoms with Gasteiger partial charge in [-0.25, -0.2) is 4.79 Å². The van der Waals surface area contributed by atoms with E-state index in [1.807, 2.05) is 20.8 Å². The second-order valence-corrected chi connectivity index (χ2v) is 6.61. The van der Waals surface area contributed by atoms with Crippen molar-refractivity contribution in [3.63, 3.8) is 0 Å². The Bertz CT molecular complexity index is 451.